The van der Waals surface area contributed by atoms with E-state index in [9.17, 15) is 17.6 Å². The zero-order valence-corrected chi connectivity index (χ0v) is 20.3. The summed E-state index contributed by atoms with van der Waals surface area (Å²) in [6.07, 6.45) is 0. The number of benzene rings is 3. The van der Waals surface area contributed by atoms with E-state index >= 15 is 0 Å². The van der Waals surface area contributed by atoms with Crippen molar-refractivity contribution in [3.63, 3.8) is 0 Å². The lowest BCUT2D eigenvalue weighted by atomic mass is 10.1. The van der Waals surface area contributed by atoms with Crippen molar-refractivity contribution in [3.05, 3.63) is 89.2 Å². The van der Waals surface area contributed by atoms with Crippen LogP contribution in [0, 0.1) is 12.7 Å². The van der Waals surface area contributed by atoms with Crippen LogP contribution in [0.15, 0.2) is 71.6 Å². The van der Waals surface area contributed by atoms with E-state index in [4.69, 9.17) is 4.74 Å². The lowest BCUT2D eigenvalue weighted by Crippen LogP contribution is -2.34. The van der Waals surface area contributed by atoms with E-state index in [0.29, 0.717) is 11.3 Å². The molecule has 0 fully saturated rings. The van der Waals surface area contributed by atoms with Gasteiger partial charge in [0.2, 0.25) is 0 Å². The first-order valence-electron chi connectivity index (χ1n) is 10.6. The van der Waals surface area contributed by atoms with Crippen molar-refractivity contribution in [1.82, 2.24) is 10.2 Å². The fourth-order valence-corrected chi connectivity index (χ4v) is 4.72. The average Bonchev–Trinajstić information content (AvgIpc) is 2.80. The fourth-order valence-electron chi connectivity index (χ4n) is 3.46. The molecule has 1 atom stereocenters. The van der Waals surface area contributed by atoms with Crippen molar-refractivity contribution in [2.45, 2.75) is 17.9 Å². The van der Waals surface area contributed by atoms with Crippen molar-refractivity contribution in [2.24, 2.45) is 0 Å². The molecule has 0 aliphatic rings. The molecule has 0 aliphatic carbocycles. The van der Waals surface area contributed by atoms with Crippen LogP contribution in [-0.2, 0) is 10.0 Å². The van der Waals surface area contributed by atoms with Crippen LogP contribution in [0.2, 0.25) is 0 Å². The smallest absolute Gasteiger partial charge is 0.265 e. The molecule has 9 heteroatoms. The van der Waals surface area contributed by atoms with Gasteiger partial charge in [0.1, 0.15) is 16.5 Å². The summed E-state index contributed by atoms with van der Waals surface area (Å²) < 4.78 is 47.5. The summed E-state index contributed by atoms with van der Waals surface area (Å²) in [5.74, 6) is -0.707. The Morgan fingerprint density at radius 1 is 1.06 bits per heavy atom. The van der Waals surface area contributed by atoms with Gasteiger partial charge in [-0.25, -0.2) is 12.8 Å². The summed E-state index contributed by atoms with van der Waals surface area (Å²) in [6, 6.07) is 17.0. The number of carbonyl (C=O) groups excluding carboxylic acids is 1. The molecule has 0 heterocycles. The number of sulfonamides is 1. The Kier molecular flexibility index (Phi) is 7.90. The zero-order valence-electron chi connectivity index (χ0n) is 19.5. The second kappa shape index (κ2) is 10.7. The van der Waals surface area contributed by atoms with Crippen LogP contribution in [0.25, 0.3) is 0 Å². The SMILES string of the molecule is COc1ccc(C(=O)NC[C@@H](c2cccc(F)c2)N(C)C)cc1S(=O)(=O)Nc1ccc(C)cc1. The largest absolute Gasteiger partial charge is 0.495 e. The Labute approximate surface area is 199 Å². The Balaban J connectivity index is 1.82. The van der Waals surface area contributed by atoms with Crippen molar-refractivity contribution in [3.8, 4) is 5.75 Å². The summed E-state index contributed by atoms with van der Waals surface area (Å²) in [4.78, 5) is 14.6. The molecule has 2 N–H and O–H groups in total. The number of hydrogen-bond donors (Lipinski definition) is 2. The minimum atomic E-state index is -4.02. The average molecular weight is 486 g/mol. The lowest BCUT2D eigenvalue weighted by Gasteiger charge is -2.25. The predicted octanol–water partition coefficient (Wildman–Crippen LogP) is 3.98. The van der Waals surface area contributed by atoms with Gasteiger partial charge in [-0.15, -0.1) is 0 Å². The van der Waals surface area contributed by atoms with Crippen LogP contribution in [-0.4, -0.2) is 47.0 Å². The van der Waals surface area contributed by atoms with Gasteiger partial charge in [-0.05, 0) is 69.0 Å². The number of carbonyl (C=O) groups is 1. The fraction of sp³-hybridized carbons (Fsp3) is 0.240. The molecule has 0 radical (unpaired) electrons. The van der Waals surface area contributed by atoms with Crippen molar-refractivity contribution in [2.75, 3.05) is 32.5 Å². The van der Waals surface area contributed by atoms with E-state index in [1.54, 1.807) is 36.4 Å². The van der Waals surface area contributed by atoms with Crippen LogP contribution >= 0.6 is 0 Å². The minimum absolute atomic E-state index is 0.113. The highest BCUT2D eigenvalue weighted by molar-refractivity contribution is 7.92. The Bertz CT molecular complexity index is 1260. The Morgan fingerprint density at radius 3 is 2.38 bits per heavy atom. The maximum Gasteiger partial charge on any atom is 0.265 e. The van der Waals surface area contributed by atoms with Gasteiger partial charge in [-0.3, -0.25) is 9.52 Å². The van der Waals surface area contributed by atoms with Crippen LogP contribution in [0.3, 0.4) is 0 Å². The molecule has 1 amide bonds. The maximum absolute atomic E-state index is 13.7. The normalized spacial score (nSPS) is 12.3. The van der Waals surface area contributed by atoms with Crippen molar-refractivity contribution < 1.29 is 22.3 Å². The van der Waals surface area contributed by atoms with Crippen molar-refractivity contribution >= 4 is 21.6 Å². The highest BCUT2D eigenvalue weighted by atomic mass is 32.2. The maximum atomic E-state index is 13.7. The third kappa shape index (κ3) is 6.12. The monoisotopic (exact) mass is 485 g/mol. The summed E-state index contributed by atoms with van der Waals surface area (Å²) in [5, 5.41) is 2.81. The molecule has 0 saturated heterocycles. The van der Waals surface area contributed by atoms with E-state index in [-0.39, 0.29) is 34.6 Å². The number of rotatable bonds is 9. The van der Waals surface area contributed by atoms with Gasteiger partial charge < -0.3 is 15.0 Å². The first kappa shape index (κ1) is 25.2. The van der Waals surface area contributed by atoms with Crippen LogP contribution in [0.5, 0.6) is 5.75 Å². The first-order valence-corrected chi connectivity index (χ1v) is 12.1. The number of amides is 1. The third-order valence-electron chi connectivity index (χ3n) is 5.33. The van der Waals surface area contributed by atoms with E-state index in [0.717, 1.165) is 5.56 Å². The number of likely N-dealkylation sites (N-methyl/N-ethyl adjacent to an activating group) is 1. The van der Waals surface area contributed by atoms with Crippen LogP contribution < -0.4 is 14.8 Å². The van der Waals surface area contributed by atoms with Crippen molar-refractivity contribution in [1.29, 1.82) is 0 Å². The summed E-state index contributed by atoms with van der Waals surface area (Å²) in [5.41, 5.74) is 2.26. The van der Waals surface area contributed by atoms with Gasteiger partial charge in [0.15, 0.2) is 0 Å². The minimum Gasteiger partial charge on any atom is -0.495 e. The molecule has 0 unspecified atom stereocenters. The molecule has 3 rings (SSSR count). The summed E-state index contributed by atoms with van der Waals surface area (Å²) in [7, 11) is 0.999. The number of aryl methyl sites for hydroxylation is 1. The first-order chi connectivity index (χ1) is 16.1. The molecule has 7 nitrogen and oxygen atoms in total. The molecular weight excluding hydrogens is 457 g/mol. The topological polar surface area (TPSA) is 87.7 Å². The highest BCUT2D eigenvalue weighted by Gasteiger charge is 2.23. The third-order valence-corrected chi connectivity index (χ3v) is 6.73. The standard InChI is InChI=1S/C25H28FN3O4S/c1-17-8-11-21(12-9-17)28-34(31,32)24-15-19(10-13-23(24)33-4)25(30)27-16-22(29(2)3)18-6-5-7-20(26)14-18/h5-15,22,28H,16H2,1-4H3,(H,27,30)/t22-/m0/s1. The van der Waals surface area contributed by atoms with E-state index in [1.165, 1.54) is 37.4 Å². The van der Waals surface area contributed by atoms with Gasteiger partial charge in [0.05, 0.1) is 13.2 Å². The predicted molar refractivity (Wildman–Crippen MR) is 130 cm³/mol. The number of nitrogens with zero attached hydrogens (tertiary/aromatic N) is 1. The zero-order chi connectivity index (χ0) is 24.9. The van der Waals surface area contributed by atoms with Gasteiger partial charge in [-0.1, -0.05) is 29.8 Å². The molecule has 0 bridgehead atoms. The van der Waals surface area contributed by atoms with E-state index < -0.39 is 15.9 Å². The molecule has 0 aromatic heterocycles. The molecule has 180 valence electrons. The molecule has 3 aromatic rings. The van der Waals surface area contributed by atoms with Crippen LogP contribution in [0.1, 0.15) is 27.5 Å². The second-order valence-corrected chi connectivity index (χ2v) is 9.73. The van der Waals surface area contributed by atoms with E-state index in [1.807, 2.05) is 25.9 Å². The van der Waals surface area contributed by atoms with Crippen LogP contribution in [0.4, 0.5) is 10.1 Å². The number of anilines is 1. The van der Waals surface area contributed by atoms with Gasteiger partial charge in [-0.2, -0.15) is 0 Å². The quantitative estimate of drug-likeness (QED) is 0.479. The lowest BCUT2D eigenvalue weighted by molar-refractivity contribution is 0.0941. The molecular formula is C25H28FN3O4S. The highest BCUT2D eigenvalue weighted by Crippen LogP contribution is 2.27. The molecule has 34 heavy (non-hydrogen) atoms. The number of halogens is 1. The summed E-state index contributed by atoms with van der Waals surface area (Å²) in [6.45, 7) is 2.10. The van der Waals surface area contributed by atoms with Gasteiger partial charge in [0.25, 0.3) is 15.9 Å². The molecule has 0 spiro atoms. The Morgan fingerprint density at radius 2 is 1.76 bits per heavy atom. The molecule has 0 aliphatic heterocycles. The summed E-state index contributed by atoms with van der Waals surface area (Å²) >= 11 is 0. The number of hydrogen-bond acceptors (Lipinski definition) is 5. The van der Waals surface area contributed by atoms with E-state index in [2.05, 4.69) is 10.0 Å². The second-order valence-electron chi connectivity index (χ2n) is 8.08. The number of methoxy groups -OCH3 is 1. The van der Waals surface area contributed by atoms with Gasteiger partial charge >= 0.3 is 0 Å². The number of ether oxygens (including phenoxy) is 1. The molecule has 3 aromatic carbocycles. The Hall–Kier alpha value is -3.43. The number of nitrogens with one attached hydrogen (secondary N) is 2. The van der Waals surface area contributed by atoms with Gasteiger partial charge in [0, 0.05) is 17.8 Å². The molecule has 0 saturated carbocycles.